The molecule has 3 amide bonds. The molecule has 1 aliphatic heterocycles. The van der Waals surface area contributed by atoms with Gasteiger partial charge < -0.3 is 10.6 Å². The highest BCUT2D eigenvalue weighted by Gasteiger charge is 2.28. The summed E-state index contributed by atoms with van der Waals surface area (Å²) >= 11 is 0. The van der Waals surface area contributed by atoms with Crippen LogP contribution < -0.4 is 10.6 Å². The van der Waals surface area contributed by atoms with Gasteiger partial charge in [-0.3, -0.25) is 14.4 Å². The number of carbonyl (C=O) groups is 2. The summed E-state index contributed by atoms with van der Waals surface area (Å²) in [6, 6.07) is 9.50. The first-order valence-corrected chi connectivity index (χ1v) is 7.53. The quantitative estimate of drug-likeness (QED) is 0.791. The van der Waals surface area contributed by atoms with E-state index in [0.717, 1.165) is 17.8 Å². The fourth-order valence-electron chi connectivity index (χ4n) is 2.58. The summed E-state index contributed by atoms with van der Waals surface area (Å²) in [6.07, 6.45) is 3.68. The van der Waals surface area contributed by atoms with Crippen LogP contribution in [-0.4, -0.2) is 39.2 Å². The Labute approximate surface area is 134 Å². The highest BCUT2D eigenvalue weighted by molar-refractivity contribution is 6.01. The lowest BCUT2D eigenvalue weighted by atomic mass is 10.1. The van der Waals surface area contributed by atoms with Crippen LogP contribution in [0, 0.1) is 0 Å². The predicted octanol–water partition coefficient (Wildman–Crippen LogP) is 1.44. The lowest BCUT2D eigenvalue weighted by Crippen LogP contribution is -2.30. The molecular weight excluding hydrogens is 294 g/mol. The normalized spacial score (nSPS) is 15.6. The predicted molar refractivity (Wildman–Crippen MR) is 85.7 cm³/mol. The van der Waals surface area contributed by atoms with Gasteiger partial charge in [0.25, 0.3) is 0 Å². The van der Waals surface area contributed by atoms with E-state index < -0.39 is 0 Å². The van der Waals surface area contributed by atoms with Crippen molar-refractivity contribution in [2.75, 3.05) is 11.9 Å². The number of hydrogen-bond acceptors (Lipinski definition) is 4. The Kier molecular flexibility index (Phi) is 4.27. The number of nitrogens with one attached hydrogen (secondary N) is 2. The summed E-state index contributed by atoms with van der Waals surface area (Å²) in [5.41, 5.74) is 1.86. The summed E-state index contributed by atoms with van der Waals surface area (Å²) < 4.78 is 1.87. The van der Waals surface area contributed by atoms with Gasteiger partial charge in [-0.1, -0.05) is 12.1 Å². The van der Waals surface area contributed by atoms with E-state index in [9.17, 15) is 9.59 Å². The first-order chi connectivity index (χ1) is 11.1. The molecule has 0 unspecified atom stereocenters. The van der Waals surface area contributed by atoms with E-state index >= 15 is 0 Å². The SMILES string of the molecule is C[C@H](Cn1cccn1)Nc1cccc(CN2C(=O)CNC2=O)c1. The molecule has 23 heavy (non-hydrogen) atoms. The monoisotopic (exact) mass is 313 g/mol. The van der Waals surface area contributed by atoms with Gasteiger partial charge in [0.2, 0.25) is 5.91 Å². The zero-order valence-electron chi connectivity index (χ0n) is 12.9. The molecule has 1 aromatic carbocycles. The molecule has 1 fully saturated rings. The molecule has 0 saturated carbocycles. The van der Waals surface area contributed by atoms with Crippen molar-refractivity contribution in [3.63, 3.8) is 0 Å². The number of imide groups is 1. The number of rotatable bonds is 6. The Hall–Kier alpha value is -2.83. The van der Waals surface area contributed by atoms with Crippen molar-refractivity contribution >= 4 is 17.6 Å². The van der Waals surface area contributed by atoms with E-state index in [1.54, 1.807) is 6.20 Å². The van der Waals surface area contributed by atoms with Crippen LogP contribution in [0.25, 0.3) is 0 Å². The molecule has 0 spiro atoms. The molecule has 1 saturated heterocycles. The summed E-state index contributed by atoms with van der Waals surface area (Å²) in [7, 11) is 0. The number of aromatic nitrogens is 2. The van der Waals surface area contributed by atoms with Crippen molar-refractivity contribution in [1.29, 1.82) is 0 Å². The molecule has 2 heterocycles. The standard InChI is InChI=1S/C16H19N5O2/c1-12(10-20-7-3-6-18-20)19-14-5-2-4-13(8-14)11-21-15(22)9-17-16(21)23/h2-8,12,19H,9-11H2,1H3,(H,17,23)/t12-/m1/s1. The second-order valence-corrected chi connectivity index (χ2v) is 5.61. The molecule has 0 radical (unpaired) electrons. The van der Waals surface area contributed by atoms with Crippen molar-refractivity contribution in [2.24, 2.45) is 0 Å². The molecule has 1 aromatic heterocycles. The van der Waals surface area contributed by atoms with E-state index in [1.165, 1.54) is 4.90 Å². The lowest BCUT2D eigenvalue weighted by molar-refractivity contribution is -0.125. The highest BCUT2D eigenvalue weighted by Crippen LogP contribution is 2.15. The molecule has 1 aliphatic rings. The summed E-state index contributed by atoms with van der Waals surface area (Å²) in [5.74, 6) is -0.194. The number of urea groups is 1. The molecular formula is C16H19N5O2. The van der Waals surface area contributed by atoms with Gasteiger partial charge in [0, 0.05) is 24.1 Å². The van der Waals surface area contributed by atoms with Crippen LogP contribution in [-0.2, 0) is 17.9 Å². The summed E-state index contributed by atoms with van der Waals surface area (Å²) in [5, 5.41) is 10.1. The van der Waals surface area contributed by atoms with Crippen LogP contribution in [0.4, 0.5) is 10.5 Å². The van der Waals surface area contributed by atoms with E-state index in [0.29, 0.717) is 0 Å². The average molecular weight is 313 g/mol. The van der Waals surface area contributed by atoms with Crippen molar-refractivity contribution in [3.8, 4) is 0 Å². The average Bonchev–Trinajstić information content (AvgIpc) is 3.13. The van der Waals surface area contributed by atoms with Crippen molar-refractivity contribution in [3.05, 3.63) is 48.3 Å². The third kappa shape index (κ3) is 3.68. The van der Waals surface area contributed by atoms with Crippen LogP contribution in [0.15, 0.2) is 42.7 Å². The number of carbonyl (C=O) groups excluding carboxylic acids is 2. The number of hydrogen-bond donors (Lipinski definition) is 2. The maximum absolute atomic E-state index is 11.6. The molecule has 2 aromatic rings. The molecule has 2 N–H and O–H groups in total. The minimum absolute atomic E-state index is 0.0810. The van der Waals surface area contributed by atoms with Crippen LogP contribution in [0.5, 0.6) is 0 Å². The van der Waals surface area contributed by atoms with E-state index in [4.69, 9.17) is 0 Å². The molecule has 1 atom stereocenters. The van der Waals surface area contributed by atoms with Crippen molar-refractivity contribution < 1.29 is 9.59 Å². The topological polar surface area (TPSA) is 79.3 Å². The van der Waals surface area contributed by atoms with Gasteiger partial charge in [-0.2, -0.15) is 5.10 Å². The lowest BCUT2D eigenvalue weighted by Gasteiger charge is -2.17. The molecule has 7 nitrogen and oxygen atoms in total. The van der Waals surface area contributed by atoms with E-state index in [2.05, 4.69) is 22.7 Å². The van der Waals surface area contributed by atoms with Gasteiger partial charge in [-0.15, -0.1) is 0 Å². The van der Waals surface area contributed by atoms with Gasteiger partial charge in [0.05, 0.1) is 19.6 Å². The van der Waals surface area contributed by atoms with Crippen molar-refractivity contribution in [2.45, 2.75) is 26.1 Å². The molecule has 3 rings (SSSR count). The van der Waals surface area contributed by atoms with Gasteiger partial charge in [-0.05, 0) is 30.7 Å². The largest absolute Gasteiger partial charge is 0.381 e. The van der Waals surface area contributed by atoms with E-state index in [1.807, 2.05) is 41.2 Å². The zero-order valence-corrected chi connectivity index (χ0v) is 12.9. The van der Waals surface area contributed by atoms with Crippen molar-refractivity contribution in [1.82, 2.24) is 20.0 Å². The Morgan fingerprint density at radius 1 is 1.35 bits per heavy atom. The Bertz CT molecular complexity index is 682. The molecule has 120 valence electrons. The number of anilines is 1. The third-order valence-corrected chi connectivity index (χ3v) is 3.64. The third-order valence-electron chi connectivity index (χ3n) is 3.64. The van der Waals surface area contributed by atoms with Gasteiger partial charge >= 0.3 is 6.03 Å². The Morgan fingerprint density at radius 2 is 2.22 bits per heavy atom. The fourth-order valence-corrected chi connectivity index (χ4v) is 2.58. The minimum atomic E-state index is -0.333. The second kappa shape index (κ2) is 6.51. The number of benzene rings is 1. The highest BCUT2D eigenvalue weighted by atomic mass is 16.2. The fraction of sp³-hybridized carbons (Fsp3) is 0.312. The van der Waals surface area contributed by atoms with Gasteiger partial charge in [-0.25, -0.2) is 4.79 Å². The maximum atomic E-state index is 11.6. The van der Waals surface area contributed by atoms with E-state index in [-0.39, 0.29) is 31.1 Å². The number of amides is 3. The second-order valence-electron chi connectivity index (χ2n) is 5.61. The maximum Gasteiger partial charge on any atom is 0.324 e. The molecule has 7 heteroatoms. The first kappa shape index (κ1) is 15.1. The summed E-state index contributed by atoms with van der Waals surface area (Å²) in [6.45, 7) is 3.20. The molecule has 0 bridgehead atoms. The molecule has 0 aliphatic carbocycles. The number of nitrogens with zero attached hydrogens (tertiary/aromatic N) is 3. The Morgan fingerprint density at radius 3 is 2.91 bits per heavy atom. The minimum Gasteiger partial charge on any atom is -0.381 e. The summed E-state index contributed by atoms with van der Waals surface area (Å²) in [4.78, 5) is 24.5. The van der Waals surface area contributed by atoms with Crippen LogP contribution in [0.3, 0.4) is 0 Å². The van der Waals surface area contributed by atoms with Crippen LogP contribution in [0.1, 0.15) is 12.5 Å². The Balaban J connectivity index is 1.63. The smallest absolute Gasteiger partial charge is 0.324 e. The van der Waals surface area contributed by atoms with Gasteiger partial charge in [0.15, 0.2) is 0 Å². The van der Waals surface area contributed by atoms with Crippen LogP contribution in [0.2, 0.25) is 0 Å². The first-order valence-electron chi connectivity index (χ1n) is 7.53. The van der Waals surface area contributed by atoms with Crippen LogP contribution >= 0.6 is 0 Å². The zero-order chi connectivity index (χ0) is 16.2. The van der Waals surface area contributed by atoms with Gasteiger partial charge in [0.1, 0.15) is 0 Å².